The zero-order chi connectivity index (χ0) is 18.6. The molecule has 4 rings (SSSR count). The van der Waals surface area contributed by atoms with Crippen molar-refractivity contribution < 1.29 is 0 Å². The summed E-state index contributed by atoms with van der Waals surface area (Å²) in [6.07, 6.45) is 4.44. The van der Waals surface area contributed by atoms with Gasteiger partial charge in [0.25, 0.3) is 5.56 Å². The summed E-state index contributed by atoms with van der Waals surface area (Å²) in [5.41, 5.74) is 2.54. The van der Waals surface area contributed by atoms with Gasteiger partial charge in [-0.1, -0.05) is 41.6 Å². The summed E-state index contributed by atoms with van der Waals surface area (Å²) in [6, 6.07) is 18.7. The number of benzene rings is 2. The Labute approximate surface area is 165 Å². The Morgan fingerprint density at radius 2 is 1.81 bits per heavy atom. The van der Waals surface area contributed by atoms with E-state index in [1.165, 1.54) is 5.56 Å². The molecule has 0 saturated carbocycles. The van der Waals surface area contributed by atoms with Crippen LogP contribution in [0.1, 0.15) is 5.56 Å². The number of para-hydroxylation sites is 1. The first kappa shape index (κ1) is 17.8. The van der Waals surface area contributed by atoms with Crippen molar-refractivity contribution in [3.63, 3.8) is 0 Å². The third-order valence-electron chi connectivity index (χ3n) is 4.18. The molecule has 0 atom stereocenters. The van der Waals surface area contributed by atoms with Crippen LogP contribution in [0, 0.1) is 0 Å². The fourth-order valence-corrected chi connectivity index (χ4v) is 4.05. The highest BCUT2D eigenvalue weighted by atomic mass is 35.5. The number of hydrogen-bond donors (Lipinski definition) is 0. The summed E-state index contributed by atoms with van der Waals surface area (Å²) in [5.74, 6) is 0.801. The van der Waals surface area contributed by atoms with Gasteiger partial charge in [-0.2, -0.15) is 0 Å². The quantitative estimate of drug-likeness (QED) is 0.362. The van der Waals surface area contributed by atoms with E-state index in [0.29, 0.717) is 21.1 Å². The Morgan fingerprint density at radius 3 is 2.63 bits per heavy atom. The van der Waals surface area contributed by atoms with E-state index < -0.39 is 0 Å². The van der Waals surface area contributed by atoms with Crippen molar-refractivity contribution in [2.75, 3.05) is 5.75 Å². The summed E-state index contributed by atoms with van der Waals surface area (Å²) in [5, 5.41) is 1.84. The van der Waals surface area contributed by atoms with Gasteiger partial charge in [0.05, 0.1) is 16.6 Å². The Bertz CT molecular complexity index is 1140. The van der Waals surface area contributed by atoms with Crippen LogP contribution in [-0.2, 0) is 6.42 Å². The normalized spacial score (nSPS) is 11.0. The van der Waals surface area contributed by atoms with E-state index in [1.54, 1.807) is 46.9 Å². The average Bonchev–Trinajstić information content (AvgIpc) is 2.69. The minimum absolute atomic E-state index is 0.0886. The van der Waals surface area contributed by atoms with Crippen LogP contribution in [0.25, 0.3) is 16.6 Å². The summed E-state index contributed by atoms with van der Waals surface area (Å²) in [6.45, 7) is 0. The molecule has 2 heterocycles. The fourth-order valence-electron chi connectivity index (χ4n) is 2.86. The molecule has 0 amide bonds. The van der Waals surface area contributed by atoms with Crippen molar-refractivity contribution in [1.82, 2.24) is 14.5 Å². The van der Waals surface area contributed by atoms with E-state index in [1.807, 2.05) is 42.5 Å². The standard InChI is InChI=1S/C21H16ClN3OS/c22-16-4-3-5-17(14-16)25-20(26)18-6-1-2-7-19(18)24-21(25)27-13-10-15-8-11-23-12-9-15/h1-9,11-12,14H,10,13H2. The van der Waals surface area contributed by atoms with Crippen molar-refractivity contribution in [2.45, 2.75) is 11.6 Å². The van der Waals surface area contributed by atoms with E-state index in [2.05, 4.69) is 4.98 Å². The number of nitrogens with zero attached hydrogens (tertiary/aromatic N) is 3. The molecule has 0 spiro atoms. The van der Waals surface area contributed by atoms with Crippen LogP contribution in [0.5, 0.6) is 0 Å². The topological polar surface area (TPSA) is 47.8 Å². The van der Waals surface area contributed by atoms with Crippen LogP contribution in [0.4, 0.5) is 0 Å². The molecule has 2 aromatic heterocycles. The number of aromatic nitrogens is 3. The Morgan fingerprint density at radius 1 is 1.00 bits per heavy atom. The number of rotatable bonds is 5. The van der Waals surface area contributed by atoms with Crippen LogP contribution in [0.3, 0.4) is 0 Å². The molecule has 6 heteroatoms. The Kier molecular flexibility index (Phi) is 5.23. The number of halogens is 1. The van der Waals surface area contributed by atoms with Crippen LogP contribution < -0.4 is 5.56 Å². The van der Waals surface area contributed by atoms with Crippen LogP contribution in [-0.4, -0.2) is 20.3 Å². The highest BCUT2D eigenvalue weighted by molar-refractivity contribution is 7.99. The lowest BCUT2D eigenvalue weighted by Crippen LogP contribution is -2.21. The van der Waals surface area contributed by atoms with Gasteiger partial charge in [0.1, 0.15) is 0 Å². The lowest BCUT2D eigenvalue weighted by molar-refractivity contribution is 0.819. The number of thioether (sulfide) groups is 1. The zero-order valence-electron chi connectivity index (χ0n) is 14.4. The first-order valence-corrected chi connectivity index (χ1v) is 9.88. The molecule has 4 nitrogen and oxygen atoms in total. The van der Waals surface area contributed by atoms with Gasteiger partial charge < -0.3 is 0 Å². The monoisotopic (exact) mass is 393 g/mol. The fraction of sp³-hybridized carbons (Fsp3) is 0.0952. The Hall–Kier alpha value is -2.63. The van der Waals surface area contributed by atoms with E-state index >= 15 is 0 Å². The average molecular weight is 394 g/mol. The van der Waals surface area contributed by atoms with Crippen LogP contribution in [0.15, 0.2) is 83.0 Å². The maximum atomic E-state index is 13.2. The molecule has 0 N–H and O–H groups in total. The molecule has 134 valence electrons. The van der Waals surface area contributed by atoms with Gasteiger partial charge in [-0.3, -0.25) is 14.3 Å². The molecular weight excluding hydrogens is 378 g/mol. The van der Waals surface area contributed by atoms with Crippen molar-refractivity contribution in [3.8, 4) is 5.69 Å². The first-order chi connectivity index (χ1) is 13.2. The highest BCUT2D eigenvalue weighted by Crippen LogP contribution is 2.23. The van der Waals surface area contributed by atoms with Crippen LogP contribution in [0.2, 0.25) is 5.02 Å². The summed E-state index contributed by atoms with van der Waals surface area (Å²) in [4.78, 5) is 21.9. The number of fused-ring (bicyclic) bond motifs is 1. The number of hydrogen-bond acceptors (Lipinski definition) is 4. The molecule has 0 aliphatic heterocycles. The van der Waals surface area contributed by atoms with Gasteiger partial charge in [0.15, 0.2) is 5.16 Å². The SMILES string of the molecule is O=c1c2ccccc2nc(SCCc2ccncc2)n1-c1cccc(Cl)c1. The molecule has 0 aliphatic rings. The minimum Gasteiger partial charge on any atom is -0.268 e. The van der Waals surface area contributed by atoms with Crippen molar-refractivity contribution >= 4 is 34.3 Å². The molecular formula is C21H16ClN3OS. The second kappa shape index (κ2) is 7.94. The smallest absolute Gasteiger partial charge is 0.266 e. The largest absolute Gasteiger partial charge is 0.268 e. The molecule has 0 aliphatic carbocycles. The van der Waals surface area contributed by atoms with Gasteiger partial charge in [0.2, 0.25) is 0 Å². The molecule has 0 bridgehead atoms. The number of aryl methyl sites for hydroxylation is 1. The molecule has 4 aromatic rings. The first-order valence-electron chi connectivity index (χ1n) is 8.52. The number of pyridine rings is 1. The second-order valence-electron chi connectivity index (χ2n) is 5.99. The maximum Gasteiger partial charge on any atom is 0.266 e. The molecule has 0 radical (unpaired) electrons. The maximum absolute atomic E-state index is 13.2. The van der Waals surface area contributed by atoms with E-state index in [4.69, 9.17) is 16.6 Å². The third kappa shape index (κ3) is 3.89. The van der Waals surface area contributed by atoms with Gasteiger partial charge in [-0.05, 0) is 54.4 Å². The van der Waals surface area contributed by atoms with Gasteiger partial charge >= 0.3 is 0 Å². The van der Waals surface area contributed by atoms with Gasteiger partial charge in [0, 0.05) is 23.2 Å². The van der Waals surface area contributed by atoms with Crippen LogP contribution >= 0.6 is 23.4 Å². The predicted molar refractivity (Wildman–Crippen MR) is 111 cm³/mol. The second-order valence-corrected chi connectivity index (χ2v) is 7.48. The van der Waals surface area contributed by atoms with Crippen molar-refractivity contribution in [3.05, 3.63) is 94.0 Å². The Balaban J connectivity index is 1.75. The molecule has 0 unspecified atom stereocenters. The third-order valence-corrected chi connectivity index (χ3v) is 5.36. The van der Waals surface area contributed by atoms with Gasteiger partial charge in [-0.25, -0.2) is 4.98 Å². The molecule has 0 saturated heterocycles. The van der Waals surface area contributed by atoms with E-state index in [9.17, 15) is 4.79 Å². The molecule has 27 heavy (non-hydrogen) atoms. The summed E-state index contributed by atoms with van der Waals surface area (Å²) in [7, 11) is 0. The predicted octanol–water partition coefficient (Wildman–Crippen LogP) is 4.77. The molecule has 0 fully saturated rings. The highest BCUT2D eigenvalue weighted by Gasteiger charge is 2.13. The lowest BCUT2D eigenvalue weighted by Gasteiger charge is -2.13. The van der Waals surface area contributed by atoms with Crippen molar-refractivity contribution in [2.24, 2.45) is 0 Å². The summed E-state index contributed by atoms with van der Waals surface area (Å²) < 4.78 is 1.64. The molecule has 2 aromatic carbocycles. The summed E-state index contributed by atoms with van der Waals surface area (Å²) >= 11 is 7.71. The lowest BCUT2D eigenvalue weighted by atomic mass is 10.2. The van der Waals surface area contributed by atoms with Crippen molar-refractivity contribution in [1.29, 1.82) is 0 Å². The van der Waals surface area contributed by atoms with E-state index in [0.717, 1.165) is 17.9 Å². The zero-order valence-corrected chi connectivity index (χ0v) is 16.0. The van der Waals surface area contributed by atoms with Gasteiger partial charge in [-0.15, -0.1) is 0 Å². The minimum atomic E-state index is -0.0886. The van der Waals surface area contributed by atoms with E-state index in [-0.39, 0.29) is 5.56 Å².